The maximum atomic E-state index is 12.8. The lowest BCUT2D eigenvalue weighted by Crippen LogP contribution is -2.51. The molecule has 0 spiro atoms. The Morgan fingerprint density at radius 1 is 0.893 bits per heavy atom. The van der Waals surface area contributed by atoms with Crippen molar-refractivity contribution in [1.29, 1.82) is 0 Å². The number of rotatable bonds is 3. The van der Waals surface area contributed by atoms with Crippen LogP contribution in [-0.2, 0) is 9.59 Å². The second-order valence-electron chi connectivity index (χ2n) is 8.07. The SMILES string of the molecule is CC(=O)N1CCC(CC(=O)N2CCN(C(=O)c3cccc(C)c3C)CC2)CC1. The number of nitrogens with zero attached hydrogens (tertiary/aromatic N) is 3. The second kappa shape index (κ2) is 8.76. The zero-order valence-corrected chi connectivity index (χ0v) is 17.2. The number of aryl methyl sites for hydroxylation is 1. The van der Waals surface area contributed by atoms with Crippen molar-refractivity contribution in [1.82, 2.24) is 14.7 Å². The minimum atomic E-state index is 0.0601. The van der Waals surface area contributed by atoms with Crippen molar-refractivity contribution in [2.45, 2.75) is 40.0 Å². The van der Waals surface area contributed by atoms with E-state index in [1.165, 1.54) is 0 Å². The Kier molecular flexibility index (Phi) is 6.37. The van der Waals surface area contributed by atoms with Gasteiger partial charge in [-0.05, 0) is 49.8 Å². The van der Waals surface area contributed by atoms with Gasteiger partial charge in [0.2, 0.25) is 11.8 Å². The molecule has 3 amide bonds. The van der Waals surface area contributed by atoms with Crippen molar-refractivity contribution in [3.63, 3.8) is 0 Å². The Balaban J connectivity index is 1.48. The van der Waals surface area contributed by atoms with Crippen LogP contribution in [0.3, 0.4) is 0 Å². The molecule has 152 valence electrons. The molecule has 2 fully saturated rings. The zero-order valence-electron chi connectivity index (χ0n) is 17.2. The van der Waals surface area contributed by atoms with E-state index >= 15 is 0 Å². The first-order valence-corrected chi connectivity index (χ1v) is 10.3. The number of piperazine rings is 1. The van der Waals surface area contributed by atoms with Gasteiger partial charge in [0, 0.05) is 58.2 Å². The van der Waals surface area contributed by atoms with E-state index in [-0.39, 0.29) is 17.7 Å². The van der Waals surface area contributed by atoms with Gasteiger partial charge >= 0.3 is 0 Å². The monoisotopic (exact) mass is 385 g/mol. The van der Waals surface area contributed by atoms with Gasteiger partial charge in [-0.15, -0.1) is 0 Å². The van der Waals surface area contributed by atoms with E-state index in [2.05, 4.69) is 0 Å². The van der Waals surface area contributed by atoms with Crippen LogP contribution < -0.4 is 0 Å². The molecular weight excluding hydrogens is 354 g/mol. The van der Waals surface area contributed by atoms with Gasteiger partial charge in [0.15, 0.2) is 0 Å². The highest BCUT2D eigenvalue weighted by molar-refractivity contribution is 5.96. The average molecular weight is 386 g/mol. The van der Waals surface area contributed by atoms with Gasteiger partial charge in [0.1, 0.15) is 0 Å². The molecule has 1 aromatic rings. The average Bonchev–Trinajstić information content (AvgIpc) is 2.70. The molecule has 3 rings (SSSR count). The summed E-state index contributed by atoms with van der Waals surface area (Å²) in [7, 11) is 0. The highest BCUT2D eigenvalue weighted by Gasteiger charge is 2.28. The molecule has 28 heavy (non-hydrogen) atoms. The van der Waals surface area contributed by atoms with Crippen molar-refractivity contribution in [3.05, 3.63) is 34.9 Å². The van der Waals surface area contributed by atoms with Gasteiger partial charge < -0.3 is 14.7 Å². The minimum Gasteiger partial charge on any atom is -0.343 e. The highest BCUT2D eigenvalue weighted by atomic mass is 16.2. The predicted molar refractivity (Wildman–Crippen MR) is 108 cm³/mol. The number of likely N-dealkylation sites (tertiary alicyclic amines) is 1. The topological polar surface area (TPSA) is 60.9 Å². The molecule has 2 aliphatic heterocycles. The maximum absolute atomic E-state index is 12.8. The Morgan fingerprint density at radius 3 is 2.11 bits per heavy atom. The number of hydrogen-bond donors (Lipinski definition) is 0. The molecule has 0 N–H and O–H groups in total. The molecule has 2 heterocycles. The van der Waals surface area contributed by atoms with Crippen LogP contribution in [0.4, 0.5) is 0 Å². The maximum Gasteiger partial charge on any atom is 0.254 e. The second-order valence-corrected chi connectivity index (χ2v) is 8.07. The Labute approximate surface area is 167 Å². The lowest BCUT2D eigenvalue weighted by molar-refractivity contribution is -0.134. The van der Waals surface area contributed by atoms with Crippen LogP contribution in [0.15, 0.2) is 18.2 Å². The molecule has 0 unspecified atom stereocenters. The van der Waals surface area contributed by atoms with Crippen LogP contribution in [0.1, 0.15) is 47.7 Å². The van der Waals surface area contributed by atoms with Crippen LogP contribution in [0.5, 0.6) is 0 Å². The molecule has 0 saturated carbocycles. The fraction of sp³-hybridized carbons (Fsp3) is 0.591. The van der Waals surface area contributed by atoms with Crippen LogP contribution in [0.25, 0.3) is 0 Å². The summed E-state index contributed by atoms with van der Waals surface area (Å²) in [6.45, 7) is 9.48. The molecule has 6 nitrogen and oxygen atoms in total. The van der Waals surface area contributed by atoms with E-state index in [4.69, 9.17) is 0 Å². The van der Waals surface area contributed by atoms with Gasteiger partial charge in [0.25, 0.3) is 5.91 Å². The molecule has 0 aliphatic carbocycles. The largest absolute Gasteiger partial charge is 0.343 e. The number of piperidine rings is 1. The van der Waals surface area contributed by atoms with Gasteiger partial charge in [-0.2, -0.15) is 0 Å². The van der Waals surface area contributed by atoms with E-state index in [0.717, 1.165) is 42.6 Å². The van der Waals surface area contributed by atoms with Crippen molar-refractivity contribution in [2.24, 2.45) is 5.92 Å². The molecular formula is C22H31N3O3. The quantitative estimate of drug-likeness (QED) is 0.802. The van der Waals surface area contributed by atoms with Crippen molar-refractivity contribution < 1.29 is 14.4 Å². The normalized spacial score (nSPS) is 18.3. The van der Waals surface area contributed by atoms with Gasteiger partial charge in [-0.3, -0.25) is 14.4 Å². The third-order valence-electron chi connectivity index (χ3n) is 6.28. The number of amides is 3. The zero-order chi connectivity index (χ0) is 20.3. The first-order chi connectivity index (χ1) is 13.4. The predicted octanol–water partition coefficient (Wildman–Crippen LogP) is 2.24. The minimum absolute atomic E-state index is 0.0601. The van der Waals surface area contributed by atoms with Crippen LogP contribution in [0.2, 0.25) is 0 Å². The van der Waals surface area contributed by atoms with Crippen molar-refractivity contribution in [3.8, 4) is 0 Å². The first kappa shape index (κ1) is 20.4. The molecule has 0 radical (unpaired) electrons. The standard InChI is InChI=1S/C22H31N3O3/c1-16-5-4-6-20(17(16)2)22(28)25-13-11-24(12-14-25)21(27)15-19-7-9-23(10-8-19)18(3)26/h4-6,19H,7-15H2,1-3H3. The van der Waals surface area contributed by atoms with E-state index in [0.29, 0.717) is 38.5 Å². The summed E-state index contributed by atoms with van der Waals surface area (Å²) in [6, 6.07) is 5.83. The van der Waals surface area contributed by atoms with Crippen LogP contribution in [0, 0.1) is 19.8 Å². The summed E-state index contributed by atoms with van der Waals surface area (Å²) in [5, 5.41) is 0. The lowest BCUT2D eigenvalue weighted by Gasteiger charge is -2.36. The third-order valence-corrected chi connectivity index (χ3v) is 6.28. The van der Waals surface area contributed by atoms with Crippen molar-refractivity contribution in [2.75, 3.05) is 39.3 Å². The number of benzene rings is 1. The molecule has 0 bridgehead atoms. The van der Waals surface area contributed by atoms with Crippen LogP contribution >= 0.6 is 0 Å². The van der Waals surface area contributed by atoms with Gasteiger partial charge in [0.05, 0.1) is 0 Å². The number of carbonyl (C=O) groups is 3. The fourth-order valence-electron chi connectivity index (χ4n) is 4.14. The summed E-state index contributed by atoms with van der Waals surface area (Å²) < 4.78 is 0. The fourth-order valence-corrected chi connectivity index (χ4v) is 4.14. The molecule has 0 atom stereocenters. The van der Waals surface area contributed by atoms with E-state index in [1.807, 2.05) is 46.7 Å². The summed E-state index contributed by atoms with van der Waals surface area (Å²) in [5.74, 6) is 0.720. The number of carbonyl (C=O) groups excluding carboxylic acids is 3. The molecule has 6 heteroatoms. The van der Waals surface area contributed by atoms with Crippen LogP contribution in [-0.4, -0.2) is 71.7 Å². The van der Waals surface area contributed by atoms with Gasteiger partial charge in [-0.25, -0.2) is 0 Å². The Bertz CT molecular complexity index is 745. The first-order valence-electron chi connectivity index (χ1n) is 10.3. The highest BCUT2D eigenvalue weighted by Crippen LogP contribution is 2.22. The Morgan fingerprint density at radius 2 is 1.50 bits per heavy atom. The number of hydrogen-bond acceptors (Lipinski definition) is 3. The third kappa shape index (κ3) is 4.54. The van der Waals surface area contributed by atoms with E-state index in [9.17, 15) is 14.4 Å². The summed E-state index contributed by atoms with van der Waals surface area (Å²) in [6.07, 6.45) is 2.35. The molecule has 1 aromatic carbocycles. The van der Waals surface area contributed by atoms with Crippen molar-refractivity contribution >= 4 is 17.7 Å². The van der Waals surface area contributed by atoms with E-state index < -0.39 is 0 Å². The summed E-state index contributed by atoms with van der Waals surface area (Å²) in [4.78, 5) is 42.5. The lowest BCUT2D eigenvalue weighted by atomic mass is 9.93. The molecule has 2 saturated heterocycles. The smallest absolute Gasteiger partial charge is 0.254 e. The summed E-state index contributed by atoms with van der Waals surface area (Å²) >= 11 is 0. The summed E-state index contributed by atoms with van der Waals surface area (Å²) in [5.41, 5.74) is 2.91. The van der Waals surface area contributed by atoms with Gasteiger partial charge in [-0.1, -0.05) is 12.1 Å². The molecule has 0 aromatic heterocycles. The Hall–Kier alpha value is -2.37. The van der Waals surface area contributed by atoms with E-state index in [1.54, 1.807) is 6.92 Å². The molecule has 2 aliphatic rings.